The summed E-state index contributed by atoms with van der Waals surface area (Å²) in [5.74, 6) is -1.10. The third-order valence-electron chi connectivity index (χ3n) is 4.61. The summed E-state index contributed by atoms with van der Waals surface area (Å²) < 4.78 is 13.9. The minimum atomic E-state index is -0.618. The zero-order valence-electron chi connectivity index (χ0n) is 15.9. The quantitative estimate of drug-likeness (QED) is 0.694. The van der Waals surface area contributed by atoms with Gasteiger partial charge in [-0.3, -0.25) is 15.1 Å². The van der Waals surface area contributed by atoms with Gasteiger partial charge in [-0.2, -0.15) is 0 Å². The number of aryl methyl sites for hydroxylation is 1. The molecule has 0 saturated carbocycles. The second-order valence-corrected chi connectivity index (χ2v) is 7.56. The first-order valence-corrected chi connectivity index (χ1v) is 8.81. The maximum Gasteiger partial charge on any atom is 0.261 e. The number of halogens is 1. The summed E-state index contributed by atoms with van der Waals surface area (Å²) in [5.41, 5.74) is 1.30. The highest BCUT2D eigenvalue weighted by Gasteiger charge is 2.26. The van der Waals surface area contributed by atoms with Gasteiger partial charge in [-0.1, -0.05) is 26.0 Å². The Labute approximate surface area is 162 Å². The molecule has 0 aromatic heterocycles. The first-order chi connectivity index (χ1) is 13.2. The minimum absolute atomic E-state index is 0.0236. The molecule has 0 fully saturated rings. The van der Waals surface area contributed by atoms with Crippen molar-refractivity contribution < 1.29 is 14.3 Å². The summed E-state index contributed by atoms with van der Waals surface area (Å²) in [7, 11) is 0. The molecule has 2 aromatic rings. The number of carbonyl (C=O) groups is 1. The van der Waals surface area contributed by atoms with E-state index < -0.39 is 11.7 Å². The van der Waals surface area contributed by atoms with Crippen molar-refractivity contribution in [1.29, 1.82) is 0 Å². The fourth-order valence-corrected chi connectivity index (χ4v) is 3.02. The van der Waals surface area contributed by atoms with Crippen molar-refractivity contribution in [2.75, 3.05) is 13.1 Å². The van der Waals surface area contributed by atoms with Gasteiger partial charge in [-0.05, 0) is 36.2 Å². The predicted molar refractivity (Wildman–Crippen MR) is 106 cm³/mol. The van der Waals surface area contributed by atoms with Crippen LogP contribution < -0.4 is 10.6 Å². The molecule has 0 spiro atoms. The number of guanidine groups is 1. The summed E-state index contributed by atoms with van der Waals surface area (Å²) in [6, 6.07) is 6.84. The maximum atomic E-state index is 13.9. The summed E-state index contributed by atoms with van der Waals surface area (Å²) in [6.07, 6.45) is 0. The van der Waals surface area contributed by atoms with Crippen molar-refractivity contribution >= 4 is 17.6 Å². The molecule has 0 aliphatic carbocycles. The lowest BCUT2D eigenvalue weighted by Gasteiger charge is -2.29. The smallest absolute Gasteiger partial charge is 0.261 e. The van der Waals surface area contributed by atoms with Crippen molar-refractivity contribution in [3.8, 4) is 16.9 Å². The molecule has 28 heavy (non-hydrogen) atoms. The summed E-state index contributed by atoms with van der Waals surface area (Å²) in [6.45, 7) is 14.5. The van der Waals surface area contributed by atoms with E-state index in [1.165, 1.54) is 24.3 Å². The predicted octanol–water partition coefficient (Wildman–Crippen LogP) is 3.77. The molecule has 3 N–H and O–H groups in total. The molecule has 1 aliphatic heterocycles. The number of phenols is 1. The van der Waals surface area contributed by atoms with Crippen LogP contribution in [0.3, 0.4) is 0 Å². The van der Waals surface area contributed by atoms with Gasteiger partial charge in [-0.25, -0.2) is 9.24 Å². The van der Waals surface area contributed by atoms with Gasteiger partial charge in [0.25, 0.3) is 5.91 Å². The zero-order chi connectivity index (χ0) is 20.5. The van der Waals surface area contributed by atoms with E-state index in [2.05, 4.69) is 34.3 Å². The molecule has 1 amide bonds. The van der Waals surface area contributed by atoms with Gasteiger partial charge in [-0.15, -0.1) is 0 Å². The van der Waals surface area contributed by atoms with Crippen LogP contribution >= 0.6 is 0 Å². The number of nitrogens with zero attached hydrogens (tertiary/aromatic N) is 2. The Balaban J connectivity index is 2.08. The number of phenolic OH excluding ortho intramolecular Hbond substituents is 1. The Kier molecular flexibility index (Phi) is 5.06. The standard InChI is InChI=1S/C21H21FN4O2/c1-12-5-6-13(22)9-14(12)17-15(23-4)7-8-16(27)18(17)19(28)26-20-24-10-21(2,3)11-25-20/h5-9,27H,10-11H2,1-3H3,(H2,24,25,26,28). The van der Waals surface area contributed by atoms with Gasteiger partial charge >= 0.3 is 0 Å². The van der Waals surface area contributed by atoms with E-state index in [0.29, 0.717) is 30.2 Å². The summed E-state index contributed by atoms with van der Waals surface area (Å²) in [5, 5.41) is 16.1. The van der Waals surface area contributed by atoms with Gasteiger partial charge in [0.1, 0.15) is 11.6 Å². The summed E-state index contributed by atoms with van der Waals surface area (Å²) in [4.78, 5) is 20.7. The highest BCUT2D eigenvalue weighted by Crippen LogP contribution is 2.40. The molecular weight excluding hydrogens is 359 g/mol. The lowest BCUT2D eigenvalue weighted by atomic mass is 9.92. The molecule has 1 aliphatic rings. The van der Waals surface area contributed by atoms with Gasteiger partial charge in [0.2, 0.25) is 0 Å². The number of aromatic hydroxyl groups is 1. The third kappa shape index (κ3) is 3.81. The largest absolute Gasteiger partial charge is 0.507 e. The second-order valence-electron chi connectivity index (χ2n) is 7.56. The molecule has 0 unspecified atom stereocenters. The molecule has 7 heteroatoms. The van der Waals surface area contributed by atoms with Crippen LogP contribution in [0.4, 0.5) is 10.1 Å². The van der Waals surface area contributed by atoms with Crippen molar-refractivity contribution in [1.82, 2.24) is 10.6 Å². The third-order valence-corrected chi connectivity index (χ3v) is 4.61. The number of hydrogen-bond donors (Lipinski definition) is 3. The maximum absolute atomic E-state index is 13.9. The minimum Gasteiger partial charge on any atom is -0.507 e. The van der Waals surface area contributed by atoms with E-state index in [9.17, 15) is 14.3 Å². The molecule has 144 valence electrons. The first-order valence-electron chi connectivity index (χ1n) is 8.81. The topological polar surface area (TPSA) is 78.1 Å². The van der Waals surface area contributed by atoms with Crippen LogP contribution in [0, 0.1) is 24.7 Å². The van der Waals surface area contributed by atoms with E-state index >= 15 is 0 Å². The average Bonchev–Trinajstić information content (AvgIpc) is 2.65. The number of nitrogens with one attached hydrogen (secondary N) is 2. The van der Waals surface area contributed by atoms with Gasteiger partial charge in [0, 0.05) is 24.1 Å². The summed E-state index contributed by atoms with van der Waals surface area (Å²) >= 11 is 0. The lowest BCUT2D eigenvalue weighted by molar-refractivity contribution is 0.0972. The van der Waals surface area contributed by atoms with E-state index in [4.69, 9.17) is 6.57 Å². The fraction of sp³-hybridized carbons (Fsp3) is 0.286. The normalized spacial score (nSPS) is 15.2. The van der Waals surface area contributed by atoms with Crippen LogP contribution in [-0.2, 0) is 0 Å². The fourth-order valence-electron chi connectivity index (χ4n) is 3.02. The number of rotatable bonds is 2. The molecule has 1 heterocycles. The number of aliphatic imine (C=N–C) groups is 1. The lowest BCUT2D eigenvalue weighted by Crippen LogP contribution is -2.49. The van der Waals surface area contributed by atoms with Crippen LogP contribution in [0.25, 0.3) is 16.0 Å². The molecule has 3 rings (SSSR count). The van der Waals surface area contributed by atoms with Gasteiger partial charge < -0.3 is 10.4 Å². The SMILES string of the molecule is [C-]#[N+]c1ccc(O)c(C(=O)NC2=NCC(C)(C)CN2)c1-c1cc(F)ccc1C. The van der Waals surface area contributed by atoms with Crippen molar-refractivity contribution in [3.05, 3.63) is 58.7 Å². The van der Waals surface area contributed by atoms with E-state index in [0.717, 1.165) is 0 Å². The molecule has 0 bridgehead atoms. The second kappa shape index (κ2) is 7.31. The molecule has 6 nitrogen and oxygen atoms in total. The van der Waals surface area contributed by atoms with Crippen molar-refractivity contribution in [2.24, 2.45) is 10.4 Å². The zero-order valence-corrected chi connectivity index (χ0v) is 15.9. The molecule has 0 radical (unpaired) electrons. The Morgan fingerprint density at radius 1 is 1.36 bits per heavy atom. The van der Waals surface area contributed by atoms with Crippen LogP contribution in [-0.4, -0.2) is 30.1 Å². The molecular formula is C21H21FN4O2. The monoisotopic (exact) mass is 380 g/mol. The van der Waals surface area contributed by atoms with E-state index in [-0.39, 0.29) is 28.0 Å². The Bertz CT molecular complexity index is 1020. The van der Waals surface area contributed by atoms with Crippen LogP contribution in [0.1, 0.15) is 29.8 Å². The Hall–Kier alpha value is -3.40. The Morgan fingerprint density at radius 3 is 2.75 bits per heavy atom. The van der Waals surface area contributed by atoms with Crippen LogP contribution in [0.5, 0.6) is 5.75 Å². The Morgan fingerprint density at radius 2 is 2.11 bits per heavy atom. The van der Waals surface area contributed by atoms with Gasteiger partial charge in [0.05, 0.1) is 12.1 Å². The molecule has 2 aromatic carbocycles. The van der Waals surface area contributed by atoms with E-state index in [1.807, 2.05) is 0 Å². The highest BCUT2D eigenvalue weighted by molar-refractivity contribution is 6.12. The van der Waals surface area contributed by atoms with Crippen molar-refractivity contribution in [3.63, 3.8) is 0 Å². The van der Waals surface area contributed by atoms with E-state index in [1.54, 1.807) is 13.0 Å². The van der Waals surface area contributed by atoms with Gasteiger partial charge in [0.15, 0.2) is 11.6 Å². The first kappa shape index (κ1) is 19.4. The average molecular weight is 380 g/mol. The number of carbonyl (C=O) groups excluding carboxylic acids is 1. The molecule has 0 saturated heterocycles. The van der Waals surface area contributed by atoms with Crippen LogP contribution in [0.2, 0.25) is 0 Å². The number of hydrogen-bond acceptors (Lipinski definition) is 4. The van der Waals surface area contributed by atoms with Crippen LogP contribution in [0.15, 0.2) is 35.3 Å². The highest BCUT2D eigenvalue weighted by atomic mass is 19.1. The number of amides is 1. The molecule has 0 atom stereocenters. The van der Waals surface area contributed by atoms with Crippen molar-refractivity contribution in [2.45, 2.75) is 20.8 Å². The number of benzene rings is 2.